The first kappa shape index (κ1) is 17.3. The molecule has 1 unspecified atom stereocenters. The molecule has 1 aliphatic heterocycles. The van der Waals surface area contributed by atoms with Crippen molar-refractivity contribution in [1.82, 2.24) is 9.78 Å². The van der Waals surface area contributed by atoms with Gasteiger partial charge in [-0.1, -0.05) is 0 Å². The third-order valence-electron chi connectivity index (χ3n) is 4.18. The molecule has 2 aromatic rings. The van der Waals surface area contributed by atoms with Crippen LogP contribution < -0.4 is 10.2 Å². The summed E-state index contributed by atoms with van der Waals surface area (Å²) in [6.07, 6.45) is 0.442. The van der Waals surface area contributed by atoms with Gasteiger partial charge in [0.1, 0.15) is 17.5 Å². The summed E-state index contributed by atoms with van der Waals surface area (Å²) in [4.78, 5) is 34.9. The number of benzene rings is 1. The minimum Gasteiger partial charge on any atom is -0.368 e. The number of carbonyl (C=O) groups excluding carboxylic acids is 1. The van der Waals surface area contributed by atoms with E-state index in [1.54, 1.807) is 22.7 Å². The van der Waals surface area contributed by atoms with Crippen LogP contribution >= 0.6 is 0 Å². The number of aromatic nitrogens is 2. The monoisotopic (exact) mass is 360 g/mol. The number of nitro benzene ring substituents is 2. The quantitative estimate of drug-likeness (QED) is 0.633. The zero-order valence-electron chi connectivity index (χ0n) is 14.1. The zero-order chi connectivity index (χ0) is 19.0. The van der Waals surface area contributed by atoms with E-state index in [0.717, 1.165) is 17.8 Å². The van der Waals surface area contributed by atoms with Gasteiger partial charge >= 0.3 is 0 Å². The van der Waals surface area contributed by atoms with Crippen LogP contribution in [-0.2, 0) is 11.8 Å². The molecule has 2 heterocycles. The first-order valence-electron chi connectivity index (χ1n) is 7.79. The van der Waals surface area contributed by atoms with E-state index in [1.807, 2.05) is 6.92 Å². The molecule has 1 aromatic carbocycles. The highest BCUT2D eigenvalue weighted by Crippen LogP contribution is 2.31. The van der Waals surface area contributed by atoms with Gasteiger partial charge in [0.05, 0.1) is 21.6 Å². The van der Waals surface area contributed by atoms with Crippen LogP contribution in [0.15, 0.2) is 24.3 Å². The van der Waals surface area contributed by atoms with Crippen molar-refractivity contribution in [2.75, 3.05) is 16.8 Å². The molecule has 136 valence electrons. The summed E-state index contributed by atoms with van der Waals surface area (Å²) in [5.41, 5.74) is 0.0218. The molecule has 1 N–H and O–H groups in total. The second kappa shape index (κ2) is 6.43. The van der Waals surface area contributed by atoms with Gasteiger partial charge in [0, 0.05) is 25.7 Å². The molecule has 3 rings (SSSR count). The maximum absolute atomic E-state index is 12.7. The van der Waals surface area contributed by atoms with Crippen LogP contribution in [0.2, 0.25) is 0 Å². The van der Waals surface area contributed by atoms with Crippen LogP contribution in [0.1, 0.15) is 12.1 Å². The molecule has 11 nitrogen and oxygen atoms in total. The second-order valence-corrected chi connectivity index (χ2v) is 5.96. The Morgan fingerprint density at radius 2 is 1.96 bits per heavy atom. The number of non-ortho nitro benzene ring substituents is 1. The summed E-state index contributed by atoms with van der Waals surface area (Å²) < 4.78 is 1.60. The highest BCUT2D eigenvalue weighted by atomic mass is 16.6. The predicted molar refractivity (Wildman–Crippen MR) is 92.1 cm³/mol. The number of rotatable bonds is 5. The Morgan fingerprint density at radius 1 is 1.23 bits per heavy atom. The molecule has 0 radical (unpaired) electrons. The van der Waals surface area contributed by atoms with Crippen molar-refractivity contribution in [2.24, 2.45) is 7.05 Å². The third kappa shape index (κ3) is 3.06. The number of carbonyl (C=O) groups is 1. The number of hydrogen-bond acceptors (Lipinski definition) is 7. The maximum Gasteiger partial charge on any atom is 0.299 e. The highest BCUT2D eigenvalue weighted by Gasteiger charge is 2.35. The summed E-state index contributed by atoms with van der Waals surface area (Å²) in [7, 11) is 1.73. The van der Waals surface area contributed by atoms with Crippen molar-refractivity contribution in [3.63, 3.8) is 0 Å². The van der Waals surface area contributed by atoms with Crippen molar-refractivity contribution >= 4 is 28.8 Å². The van der Waals surface area contributed by atoms with Crippen molar-refractivity contribution in [3.8, 4) is 0 Å². The Bertz CT molecular complexity index is 908. The van der Waals surface area contributed by atoms with Gasteiger partial charge in [-0.05, 0) is 19.4 Å². The van der Waals surface area contributed by atoms with Crippen LogP contribution in [0.4, 0.5) is 22.9 Å². The van der Waals surface area contributed by atoms with Crippen LogP contribution in [0.25, 0.3) is 0 Å². The number of nitro groups is 2. The minimum atomic E-state index is -0.711. The summed E-state index contributed by atoms with van der Waals surface area (Å²) in [5, 5.41) is 29.1. The number of amides is 1. The van der Waals surface area contributed by atoms with Crippen molar-refractivity contribution in [1.29, 1.82) is 0 Å². The number of anilines is 2. The summed E-state index contributed by atoms with van der Waals surface area (Å²) >= 11 is 0. The molecular weight excluding hydrogens is 344 g/mol. The Hall–Kier alpha value is -3.50. The largest absolute Gasteiger partial charge is 0.368 e. The Balaban J connectivity index is 1.84. The lowest BCUT2D eigenvalue weighted by molar-refractivity contribution is -0.393. The SMILES string of the molecule is Cc1cc(N2CCC(Nc3ccc([N+](=O)[O-])cc3[N+](=O)[O-])C2=O)n(C)n1. The number of nitrogens with zero attached hydrogens (tertiary/aromatic N) is 5. The minimum absolute atomic E-state index is 0.0713. The molecule has 1 fully saturated rings. The number of hydrogen-bond donors (Lipinski definition) is 1. The fourth-order valence-electron chi connectivity index (χ4n) is 2.99. The molecule has 26 heavy (non-hydrogen) atoms. The van der Waals surface area contributed by atoms with Gasteiger partial charge in [0.2, 0.25) is 0 Å². The van der Waals surface area contributed by atoms with Crippen LogP contribution in [-0.4, -0.2) is 38.1 Å². The summed E-state index contributed by atoms with van der Waals surface area (Å²) in [6, 6.07) is 4.42. The molecule has 0 spiro atoms. The lowest BCUT2D eigenvalue weighted by Crippen LogP contribution is -2.34. The van der Waals surface area contributed by atoms with Gasteiger partial charge in [0.15, 0.2) is 0 Å². The van der Waals surface area contributed by atoms with Gasteiger partial charge in [0.25, 0.3) is 17.3 Å². The number of nitrogens with one attached hydrogen (secondary N) is 1. The van der Waals surface area contributed by atoms with Crippen LogP contribution in [0.3, 0.4) is 0 Å². The van der Waals surface area contributed by atoms with E-state index in [4.69, 9.17) is 0 Å². The summed E-state index contributed by atoms with van der Waals surface area (Å²) in [6.45, 7) is 2.26. The standard InChI is InChI=1S/C15H16N6O5/c1-9-7-14(18(2)17-9)19-6-5-12(15(19)22)16-11-4-3-10(20(23)24)8-13(11)21(25)26/h3-4,7-8,12,16H,5-6H2,1-2H3. The van der Waals surface area contributed by atoms with E-state index < -0.39 is 21.6 Å². The van der Waals surface area contributed by atoms with Crippen LogP contribution in [0.5, 0.6) is 0 Å². The van der Waals surface area contributed by atoms with Gasteiger partial charge < -0.3 is 5.32 Å². The van der Waals surface area contributed by atoms with Gasteiger partial charge in [-0.3, -0.25) is 34.6 Å². The zero-order valence-corrected chi connectivity index (χ0v) is 14.1. The molecule has 11 heteroatoms. The van der Waals surface area contributed by atoms with E-state index in [9.17, 15) is 25.0 Å². The second-order valence-electron chi connectivity index (χ2n) is 5.96. The van der Waals surface area contributed by atoms with Gasteiger partial charge in [-0.25, -0.2) is 0 Å². The van der Waals surface area contributed by atoms with E-state index in [2.05, 4.69) is 10.4 Å². The molecule has 1 aromatic heterocycles. The lowest BCUT2D eigenvalue weighted by Gasteiger charge is -2.17. The topological polar surface area (TPSA) is 136 Å². The first-order chi connectivity index (χ1) is 12.3. The Kier molecular flexibility index (Phi) is 4.28. The first-order valence-corrected chi connectivity index (χ1v) is 7.79. The van der Waals surface area contributed by atoms with Gasteiger partial charge in [-0.15, -0.1) is 0 Å². The van der Waals surface area contributed by atoms with E-state index >= 15 is 0 Å². The molecule has 1 atom stereocenters. The predicted octanol–water partition coefficient (Wildman–Crippen LogP) is 1.76. The lowest BCUT2D eigenvalue weighted by atomic mass is 10.2. The molecule has 0 bridgehead atoms. The van der Waals surface area contributed by atoms with Crippen molar-refractivity contribution < 1.29 is 14.6 Å². The normalized spacial score (nSPS) is 16.8. The number of aryl methyl sites for hydroxylation is 2. The molecule has 1 saturated heterocycles. The molecule has 1 aliphatic rings. The van der Waals surface area contributed by atoms with Crippen molar-refractivity contribution in [2.45, 2.75) is 19.4 Å². The van der Waals surface area contributed by atoms with E-state index in [-0.39, 0.29) is 17.3 Å². The average Bonchev–Trinajstić information content (AvgIpc) is 3.09. The Labute approximate surface area is 147 Å². The molecule has 1 amide bonds. The van der Waals surface area contributed by atoms with Gasteiger partial charge in [-0.2, -0.15) is 5.10 Å². The highest BCUT2D eigenvalue weighted by molar-refractivity contribution is 6.00. The molecule has 0 aliphatic carbocycles. The molecule has 0 saturated carbocycles. The smallest absolute Gasteiger partial charge is 0.299 e. The maximum atomic E-state index is 12.7. The van der Waals surface area contributed by atoms with E-state index in [0.29, 0.717) is 18.8 Å². The van der Waals surface area contributed by atoms with Crippen molar-refractivity contribution in [3.05, 3.63) is 50.2 Å². The fourth-order valence-corrected chi connectivity index (χ4v) is 2.99. The fraction of sp³-hybridized carbons (Fsp3) is 0.333. The Morgan fingerprint density at radius 3 is 2.54 bits per heavy atom. The average molecular weight is 360 g/mol. The van der Waals surface area contributed by atoms with E-state index in [1.165, 1.54) is 6.07 Å². The third-order valence-corrected chi connectivity index (χ3v) is 4.18. The molecular formula is C15H16N6O5. The summed E-state index contributed by atoms with van der Waals surface area (Å²) in [5.74, 6) is 0.413. The van der Waals surface area contributed by atoms with Crippen LogP contribution in [0, 0.1) is 27.2 Å².